The summed E-state index contributed by atoms with van der Waals surface area (Å²) in [5.41, 5.74) is 6.76. The SMILES string of the molecule is COCCn1c(C2CCCNC2)nc2c(OC(N)=O)cccc21. The van der Waals surface area contributed by atoms with Gasteiger partial charge in [-0.05, 0) is 31.5 Å². The Morgan fingerprint density at radius 2 is 2.39 bits per heavy atom. The number of piperidine rings is 1. The fraction of sp³-hybridized carbons (Fsp3) is 0.500. The van der Waals surface area contributed by atoms with Crippen molar-refractivity contribution in [1.82, 2.24) is 14.9 Å². The highest BCUT2D eigenvalue weighted by Gasteiger charge is 2.23. The van der Waals surface area contributed by atoms with Gasteiger partial charge in [0.2, 0.25) is 0 Å². The van der Waals surface area contributed by atoms with Crippen LogP contribution in [0.5, 0.6) is 5.75 Å². The number of nitrogens with two attached hydrogens (primary N) is 1. The Labute approximate surface area is 134 Å². The Bertz CT molecular complexity index is 692. The molecule has 1 aromatic carbocycles. The number of para-hydroxylation sites is 1. The third kappa shape index (κ3) is 3.30. The van der Waals surface area contributed by atoms with Gasteiger partial charge in [0.25, 0.3) is 0 Å². The number of amides is 1. The number of nitrogens with one attached hydrogen (secondary N) is 1. The number of imidazole rings is 1. The van der Waals surface area contributed by atoms with Gasteiger partial charge in [0.1, 0.15) is 11.3 Å². The molecule has 0 spiro atoms. The van der Waals surface area contributed by atoms with E-state index in [4.69, 9.17) is 20.2 Å². The summed E-state index contributed by atoms with van der Waals surface area (Å²) in [4.78, 5) is 15.9. The molecule has 2 heterocycles. The van der Waals surface area contributed by atoms with Crippen molar-refractivity contribution in [3.63, 3.8) is 0 Å². The number of aromatic nitrogens is 2. The minimum absolute atomic E-state index is 0.342. The summed E-state index contributed by atoms with van der Waals surface area (Å²) < 4.78 is 12.5. The van der Waals surface area contributed by atoms with Crippen LogP contribution in [-0.4, -0.2) is 42.5 Å². The average molecular weight is 318 g/mol. The van der Waals surface area contributed by atoms with Gasteiger partial charge in [0, 0.05) is 26.1 Å². The van der Waals surface area contributed by atoms with Gasteiger partial charge in [0.05, 0.1) is 12.1 Å². The first-order chi connectivity index (χ1) is 11.2. The summed E-state index contributed by atoms with van der Waals surface area (Å²) >= 11 is 0. The molecule has 0 aliphatic carbocycles. The zero-order valence-electron chi connectivity index (χ0n) is 13.2. The minimum atomic E-state index is -0.829. The van der Waals surface area contributed by atoms with Crippen LogP contribution >= 0.6 is 0 Å². The van der Waals surface area contributed by atoms with Crippen LogP contribution in [0.1, 0.15) is 24.6 Å². The standard InChI is InChI=1S/C16H22N4O3/c1-22-9-8-20-12-5-2-6-13(23-16(17)21)14(12)19-15(20)11-4-3-7-18-10-11/h2,5-6,11,18H,3-4,7-10H2,1H3,(H2,17,21). The highest BCUT2D eigenvalue weighted by atomic mass is 16.5. The van der Waals surface area contributed by atoms with Gasteiger partial charge in [-0.25, -0.2) is 9.78 Å². The van der Waals surface area contributed by atoms with E-state index >= 15 is 0 Å². The zero-order chi connectivity index (χ0) is 16.2. The number of methoxy groups -OCH3 is 1. The molecule has 1 aromatic heterocycles. The first kappa shape index (κ1) is 15.8. The van der Waals surface area contributed by atoms with Gasteiger partial charge in [0.15, 0.2) is 5.75 Å². The predicted octanol–water partition coefficient (Wildman–Crippen LogP) is 1.61. The van der Waals surface area contributed by atoms with E-state index in [-0.39, 0.29) is 0 Å². The lowest BCUT2D eigenvalue weighted by atomic mass is 9.99. The van der Waals surface area contributed by atoms with Gasteiger partial charge < -0.3 is 25.1 Å². The van der Waals surface area contributed by atoms with Gasteiger partial charge in [-0.1, -0.05) is 6.07 Å². The van der Waals surface area contributed by atoms with E-state index in [0.29, 0.717) is 30.3 Å². The van der Waals surface area contributed by atoms with Gasteiger partial charge >= 0.3 is 6.09 Å². The average Bonchev–Trinajstić information content (AvgIpc) is 2.93. The fourth-order valence-corrected chi connectivity index (χ4v) is 3.13. The molecule has 1 amide bonds. The number of primary amides is 1. The molecular formula is C16H22N4O3. The number of fused-ring (bicyclic) bond motifs is 1. The molecule has 7 heteroatoms. The zero-order valence-corrected chi connectivity index (χ0v) is 13.2. The molecule has 0 bridgehead atoms. The molecule has 0 radical (unpaired) electrons. The smallest absolute Gasteiger partial charge is 0.408 e. The molecule has 2 aromatic rings. The van der Waals surface area contributed by atoms with Crippen molar-refractivity contribution in [2.45, 2.75) is 25.3 Å². The summed E-state index contributed by atoms with van der Waals surface area (Å²) in [5.74, 6) is 1.75. The second-order valence-corrected chi connectivity index (χ2v) is 5.70. The predicted molar refractivity (Wildman–Crippen MR) is 86.7 cm³/mol. The third-order valence-electron chi connectivity index (χ3n) is 4.16. The molecule has 1 fully saturated rings. The molecule has 1 atom stereocenters. The molecule has 124 valence electrons. The second kappa shape index (κ2) is 6.97. The van der Waals surface area contributed by atoms with Crippen molar-refractivity contribution in [2.75, 3.05) is 26.8 Å². The fourth-order valence-electron chi connectivity index (χ4n) is 3.13. The summed E-state index contributed by atoms with van der Waals surface area (Å²) in [6.07, 6.45) is 1.39. The molecule has 0 saturated carbocycles. The van der Waals surface area contributed by atoms with Crippen molar-refractivity contribution in [3.05, 3.63) is 24.0 Å². The van der Waals surface area contributed by atoms with Crippen LogP contribution in [0.2, 0.25) is 0 Å². The highest BCUT2D eigenvalue weighted by molar-refractivity contribution is 5.85. The Morgan fingerprint density at radius 1 is 1.52 bits per heavy atom. The number of rotatable bonds is 5. The number of hydrogen-bond donors (Lipinski definition) is 2. The van der Waals surface area contributed by atoms with E-state index in [1.54, 1.807) is 13.2 Å². The Kier molecular flexibility index (Phi) is 4.78. The monoisotopic (exact) mass is 318 g/mol. The minimum Gasteiger partial charge on any atom is -0.408 e. The first-order valence-electron chi connectivity index (χ1n) is 7.86. The van der Waals surface area contributed by atoms with Gasteiger partial charge in [-0.2, -0.15) is 0 Å². The van der Waals surface area contributed by atoms with Crippen molar-refractivity contribution in [3.8, 4) is 5.75 Å². The molecule has 3 N–H and O–H groups in total. The van der Waals surface area contributed by atoms with Crippen molar-refractivity contribution >= 4 is 17.1 Å². The lowest BCUT2D eigenvalue weighted by Gasteiger charge is -2.23. The molecule has 1 aliphatic heterocycles. The molecule has 1 saturated heterocycles. The normalized spacial score (nSPS) is 18.2. The van der Waals surface area contributed by atoms with E-state index in [1.807, 2.05) is 12.1 Å². The van der Waals surface area contributed by atoms with Crippen LogP contribution in [0.3, 0.4) is 0 Å². The third-order valence-corrected chi connectivity index (χ3v) is 4.16. The maximum Gasteiger partial charge on any atom is 0.410 e. The Morgan fingerprint density at radius 3 is 3.09 bits per heavy atom. The van der Waals surface area contributed by atoms with Crippen LogP contribution in [0.25, 0.3) is 11.0 Å². The largest absolute Gasteiger partial charge is 0.410 e. The number of benzene rings is 1. The van der Waals surface area contributed by atoms with E-state index < -0.39 is 6.09 Å². The number of carbonyl (C=O) groups excluding carboxylic acids is 1. The van der Waals surface area contributed by atoms with E-state index in [9.17, 15) is 4.79 Å². The van der Waals surface area contributed by atoms with Crippen molar-refractivity contribution in [2.24, 2.45) is 5.73 Å². The summed E-state index contributed by atoms with van der Waals surface area (Å²) in [6, 6.07) is 5.53. The summed E-state index contributed by atoms with van der Waals surface area (Å²) in [5, 5.41) is 3.42. The van der Waals surface area contributed by atoms with Crippen LogP contribution in [0, 0.1) is 0 Å². The molecule has 7 nitrogen and oxygen atoms in total. The molecular weight excluding hydrogens is 296 g/mol. The summed E-state index contributed by atoms with van der Waals surface area (Å²) in [6.45, 7) is 3.26. The Balaban J connectivity index is 2.07. The van der Waals surface area contributed by atoms with E-state index in [2.05, 4.69) is 9.88 Å². The Hall–Kier alpha value is -2.12. The molecule has 23 heavy (non-hydrogen) atoms. The maximum absolute atomic E-state index is 11.1. The number of carbonyl (C=O) groups is 1. The maximum atomic E-state index is 11.1. The van der Waals surface area contributed by atoms with Crippen molar-refractivity contribution in [1.29, 1.82) is 0 Å². The van der Waals surface area contributed by atoms with Crippen molar-refractivity contribution < 1.29 is 14.3 Å². The van der Waals surface area contributed by atoms with Gasteiger partial charge in [-0.15, -0.1) is 0 Å². The number of ether oxygens (including phenoxy) is 2. The number of nitrogens with zero attached hydrogens (tertiary/aromatic N) is 2. The van der Waals surface area contributed by atoms with Gasteiger partial charge in [-0.3, -0.25) is 0 Å². The van der Waals surface area contributed by atoms with E-state index in [1.165, 1.54) is 0 Å². The lowest BCUT2D eigenvalue weighted by Crippen LogP contribution is -2.30. The molecule has 1 unspecified atom stereocenters. The van der Waals surface area contributed by atoms with Crippen LogP contribution in [-0.2, 0) is 11.3 Å². The lowest BCUT2D eigenvalue weighted by molar-refractivity contribution is 0.186. The number of hydrogen-bond acceptors (Lipinski definition) is 5. The summed E-state index contributed by atoms with van der Waals surface area (Å²) in [7, 11) is 1.68. The quantitative estimate of drug-likeness (QED) is 0.874. The topological polar surface area (TPSA) is 91.4 Å². The van der Waals surface area contributed by atoms with E-state index in [0.717, 1.165) is 37.3 Å². The van der Waals surface area contributed by atoms with Crippen LogP contribution < -0.4 is 15.8 Å². The molecule has 1 aliphatic rings. The highest BCUT2D eigenvalue weighted by Crippen LogP contribution is 2.31. The van der Waals surface area contributed by atoms with Crippen LogP contribution in [0.15, 0.2) is 18.2 Å². The van der Waals surface area contributed by atoms with Crippen LogP contribution in [0.4, 0.5) is 4.79 Å². The first-order valence-corrected chi connectivity index (χ1v) is 7.86. The molecule has 3 rings (SSSR count). The second-order valence-electron chi connectivity index (χ2n) is 5.70.